The zero-order valence-electron chi connectivity index (χ0n) is 12.1. The summed E-state index contributed by atoms with van der Waals surface area (Å²) in [6.07, 6.45) is 8.85. The molecule has 1 aliphatic rings. The number of aromatic nitrogens is 1. The molecule has 1 aliphatic carbocycles. The Kier molecular flexibility index (Phi) is 4.82. The molecule has 5 heteroatoms. The minimum absolute atomic E-state index is 0.373. The van der Waals surface area contributed by atoms with Crippen molar-refractivity contribution in [2.75, 3.05) is 11.1 Å². The van der Waals surface area contributed by atoms with Crippen molar-refractivity contribution in [3.05, 3.63) is 17.8 Å². The van der Waals surface area contributed by atoms with E-state index in [0.29, 0.717) is 23.1 Å². The minimum atomic E-state index is -0.494. The molecule has 110 valence electrons. The molecule has 0 aromatic carbocycles. The molecular formula is C15H24N4O. The van der Waals surface area contributed by atoms with Crippen LogP contribution in [0.1, 0.15) is 55.8 Å². The summed E-state index contributed by atoms with van der Waals surface area (Å²) in [6.45, 7) is 2.24. The number of pyridine rings is 1. The van der Waals surface area contributed by atoms with E-state index in [1.54, 1.807) is 12.3 Å². The van der Waals surface area contributed by atoms with Gasteiger partial charge >= 0.3 is 0 Å². The molecule has 0 radical (unpaired) electrons. The Morgan fingerprint density at radius 1 is 1.40 bits per heavy atom. The van der Waals surface area contributed by atoms with Crippen LogP contribution in [0.2, 0.25) is 0 Å². The standard InChI is InChI=1S/C15H24N4O/c1-2-3-10-4-6-12(7-5-10)19-15-13(14(17)20)8-11(16)9-18-15/h8-10,12H,2-7,16H2,1H3,(H2,17,20)(H,18,19). The fourth-order valence-corrected chi connectivity index (χ4v) is 2.98. The topological polar surface area (TPSA) is 94.0 Å². The minimum Gasteiger partial charge on any atom is -0.397 e. The Morgan fingerprint density at radius 3 is 2.70 bits per heavy atom. The van der Waals surface area contributed by atoms with Crippen LogP contribution in [0.3, 0.4) is 0 Å². The van der Waals surface area contributed by atoms with Crippen molar-refractivity contribution in [2.24, 2.45) is 11.7 Å². The van der Waals surface area contributed by atoms with Gasteiger partial charge in [0, 0.05) is 6.04 Å². The van der Waals surface area contributed by atoms with Crippen molar-refractivity contribution in [1.82, 2.24) is 4.98 Å². The maximum atomic E-state index is 11.4. The van der Waals surface area contributed by atoms with E-state index < -0.39 is 5.91 Å². The summed E-state index contributed by atoms with van der Waals surface area (Å²) in [6, 6.07) is 1.96. The first-order valence-electron chi connectivity index (χ1n) is 7.42. The van der Waals surface area contributed by atoms with Crippen LogP contribution in [0, 0.1) is 5.92 Å². The number of carbonyl (C=O) groups excluding carboxylic acids is 1. The van der Waals surface area contributed by atoms with Gasteiger partial charge in [-0.15, -0.1) is 0 Å². The van der Waals surface area contributed by atoms with E-state index in [1.165, 1.54) is 25.7 Å². The molecule has 1 heterocycles. The number of nitrogens with zero attached hydrogens (tertiary/aromatic N) is 1. The predicted molar refractivity (Wildman–Crippen MR) is 81.4 cm³/mol. The molecule has 0 aliphatic heterocycles. The molecule has 0 spiro atoms. The number of primary amides is 1. The van der Waals surface area contributed by atoms with Crippen LogP contribution in [0.25, 0.3) is 0 Å². The van der Waals surface area contributed by atoms with Crippen molar-refractivity contribution in [3.63, 3.8) is 0 Å². The van der Waals surface area contributed by atoms with Gasteiger partial charge in [0.2, 0.25) is 0 Å². The Hall–Kier alpha value is -1.78. The van der Waals surface area contributed by atoms with Gasteiger partial charge in [0.1, 0.15) is 5.82 Å². The van der Waals surface area contributed by atoms with Crippen molar-refractivity contribution in [2.45, 2.75) is 51.5 Å². The Balaban J connectivity index is 1.99. The van der Waals surface area contributed by atoms with Gasteiger partial charge in [-0.25, -0.2) is 4.98 Å². The largest absolute Gasteiger partial charge is 0.397 e. The number of hydrogen-bond donors (Lipinski definition) is 3. The zero-order valence-corrected chi connectivity index (χ0v) is 12.1. The molecule has 1 saturated carbocycles. The molecule has 2 rings (SSSR count). The maximum Gasteiger partial charge on any atom is 0.252 e. The summed E-state index contributed by atoms with van der Waals surface area (Å²) in [4.78, 5) is 15.7. The van der Waals surface area contributed by atoms with Crippen molar-refractivity contribution < 1.29 is 4.79 Å². The summed E-state index contributed by atoms with van der Waals surface area (Å²) in [5, 5.41) is 3.35. The second kappa shape index (κ2) is 6.59. The third kappa shape index (κ3) is 3.62. The lowest BCUT2D eigenvalue weighted by Gasteiger charge is -2.29. The second-order valence-electron chi connectivity index (χ2n) is 5.68. The van der Waals surface area contributed by atoms with Crippen LogP contribution >= 0.6 is 0 Å². The summed E-state index contributed by atoms with van der Waals surface area (Å²) in [5.41, 5.74) is 11.9. The van der Waals surface area contributed by atoms with Gasteiger partial charge in [0.25, 0.3) is 5.91 Å². The van der Waals surface area contributed by atoms with E-state index in [-0.39, 0.29) is 0 Å². The molecule has 0 unspecified atom stereocenters. The predicted octanol–water partition coefficient (Wildman–Crippen LogP) is 2.53. The zero-order chi connectivity index (χ0) is 14.5. The highest BCUT2D eigenvalue weighted by atomic mass is 16.1. The normalized spacial score (nSPS) is 22.4. The van der Waals surface area contributed by atoms with E-state index >= 15 is 0 Å². The molecule has 5 nitrogen and oxygen atoms in total. The lowest BCUT2D eigenvalue weighted by atomic mass is 9.83. The van der Waals surface area contributed by atoms with Gasteiger partial charge in [-0.2, -0.15) is 0 Å². The number of amides is 1. The molecular weight excluding hydrogens is 252 g/mol. The highest BCUT2D eigenvalue weighted by Crippen LogP contribution is 2.29. The first kappa shape index (κ1) is 14.6. The fraction of sp³-hybridized carbons (Fsp3) is 0.600. The van der Waals surface area contributed by atoms with Gasteiger partial charge in [-0.05, 0) is 37.7 Å². The second-order valence-corrected chi connectivity index (χ2v) is 5.68. The molecule has 1 amide bonds. The summed E-state index contributed by atoms with van der Waals surface area (Å²) in [7, 11) is 0. The number of nitrogens with one attached hydrogen (secondary N) is 1. The summed E-state index contributed by atoms with van der Waals surface area (Å²) in [5.74, 6) is 0.922. The smallest absolute Gasteiger partial charge is 0.252 e. The summed E-state index contributed by atoms with van der Waals surface area (Å²) < 4.78 is 0. The number of nitrogen functional groups attached to an aromatic ring is 1. The molecule has 0 bridgehead atoms. The highest BCUT2D eigenvalue weighted by Gasteiger charge is 2.22. The molecule has 20 heavy (non-hydrogen) atoms. The van der Waals surface area contributed by atoms with Gasteiger partial charge in [-0.1, -0.05) is 19.8 Å². The molecule has 1 aromatic rings. The van der Waals surface area contributed by atoms with Crippen LogP contribution in [0.4, 0.5) is 11.5 Å². The van der Waals surface area contributed by atoms with Gasteiger partial charge in [0.15, 0.2) is 0 Å². The number of anilines is 2. The third-order valence-electron chi connectivity index (χ3n) is 4.06. The Morgan fingerprint density at radius 2 is 2.10 bits per heavy atom. The SMILES string of the molecule is CCCC1CCC(Nc2ncc(N)cc2C(N)=O)CC1. The quantitative estimate of drug-likeness (QED) is 0.770. The van der Waals surface area contributed by atoms with E-state index in [0.717, 1.165) is 18.8 Å². The van der Waals surface area contributed by atoms with Gasteiger partial charge in [0.05, 0.1) is 17.4 Å². The maximum absolute atomic E-state index is 11.4. The lowest BCUT2D eigenvalue weighted by molar-refractivity contribution is 0.100. The number of rotatable bonds is 5. The van der Waals surface area contributed by atoms with E-state index in [1.807, 2.05) is 0 Å². The molecule has 1 aromatic heterocycles. The summed E-state index contributed by atoms with van der Waals surface area (Å²) >= 11 is 0. The third-order valence-corrected chi connectivity index (χ3v) is 4.06. The highest BCUT2D eigenvalue weighted by molar-refractivity contribution is 5.98. The molecule has 0 atom stereocenters. The van der Waals surface area contributed by atoms with E-state index in [4.69, 9.17) is 11.5 Å². The monoisotopic (exact) mass is 276 g/mol. The van der Waals surface area contributed by atoms with Crippen LogP contribution in [-0.2, 0) is 0 Å². The molecule has 0 saturated heterocycles. The number of carbonyl (C=O) groups is 1. The van der Waals surface area contributed by atoms with Crippen LogP contribution in [-0.4, -0.2) is 16.9 Å². The van der Waals surface area contributed by atoms with Crippen LogP contribution in [0.5, 0.6) is 0 Å². The number of nitrogens with two attached hydrogens (primary N) is 2. The van der Waals surface area contributed by atoms with Crippen LogP contribution in [0.15, 0.2) is 12.3 Å². The lowest BCUT2D eigenvalue weighted by Crippen LogP contribution is -2.28. The van der Waals surface area contributed by atoms with Crippen molar-refractivity contribution >= 4 is 17.4 Å². The first-order valence-corrected chi connectivity index (χ1v) is 7.42. The fourth-order valence-electron chi connectivity index (χ4n) is 2.98. The Labute approximate surface area is 120 Å². The van der Waals surface area contributed by atoms with Gasteiger partial charge < -0.3 is 16.8 Å². The Bertz CT molecular complexity index is 467. The number of hydrogen-bond acceptors (Lipinski definition) is 4. The van der Waals surface area contributed by atoms with E-state index in [9.17, 15) is 4.79 Å². The van der Waals surface area contributed by atoms with Gasteiger partial charge in [-0.3, -0.25) is 4.79 Å². The van der Waals surface area contributed by atoms with Crippen LogP contribution < -0.4 is 16.8 Å². The molecule has 5 N–H and O–H groups in total. The van der Waals surface area contributed by atoms with Crippen molar-refractivity contribution in [3.8, 4) is 0 Å². The average molecular weight is 276 g/mol. The van der Waals surface area contributed by atoms with E-state index in [2.05, 4.69) is 17.2 Å². The molecule has 1 fully saturated rings. The average Bonchev–Trinajstić information content (AvgIpc) is 2.43. The van der Waals surface area contributed by atoms with Crippen molar-refractivity contribution in [1.29, 1.82) is 0 Å². The first-order chi connectivity index (χ1) is 9.60.